The molecule has 0 unspecified atom stereocenters. The van der Waals surface area contributed by atoms with E-state index in [-0.39, 0.29) is 0 Å². The maximum Gasteiger partial charge on any atom is 0.175 e. The zero-order valence-corrected chi connectivity index (χ0v) is 12.8. The number of nitrogens with zero attached hydrogens (tertiary/aromatic N) is 3. The normalized spacial score (nSPS) is 12.6. The molecule has 0 radical (unpaired) electrons. The van der Waals surface area contributed by atoms with Gasteiger partial charge in [-0.2, -0.15) is 0 Å². The number of hydrogen-bond donors (Lipinski definition) is 0. The summed E-state index contributed by atoms with van der Waals surface area (Å²) in [7, 11) is 0. The molecule has 5 heteroatoms. The second-order valence-electron chi connectivity index (χ2n) is 4.99. The van der Waals surface area contributed by atoms with E-state index < -0.39 is 0 Å². The maximum absolute atomic E-state index is 6.16. The zero-order valence-electron chi connectivity index (χ0n) is 12.1. The fourth-order valence-electron chi connectivity index (χ4n) is 2.39. The van der Waals surface area contributed by atoms with E-state index in [1.165, 1.54) is 0 Å². The van der Waals surface area contributed by atoms with Gasteiger partial charge in [0.15, 0.2) is 11.6 Å². The van der Waals surface area contributed by atoms with Crippen LogP contribution in [0.4, 0.5) is 0 Å². The first kappa shape index (κ1) is 13.8. The molecule has 0 N–H and O–H groups in total. The fraction of sp³-hybridized carbons (Fsp3) is 0. The van der Waals surface area contributed by atoms with E-state index in [4.69, 9.17) is 16.3 Å². The van der Waals surface area contributed by atoms with Crippen LogP contribution in [0.3, 0.4) is 0 Å². The van der Waals surface area contributed by atoms with Gasteiger partial charge in [-0.25, -0.2) is 9.67 Å². The molecule has 112 valence electrons. The number of benzene rings is 2. The Morgan fingerprint density at radius 2 is 1.83 bits per heavy atom. The van der Waals surface area contributed by atoms with Crippen LogP contribution in [-0.2, 0) is 0 Å². The average molecular weight is 322 g/mol. The van der Waals surface area contributed by atoms with E-state index >= 15 is 0 Å². The van der Waals surface area contributed by atoms with Gasteiger partial charge in [0.05, 0.1) is 11.8 Å². The molecule has 1 aromatic heterocycles. The smallest absolute Gasteiger partial charge is 0.175 e. The Morgan fingerprint density at radius 1 is 1.00 bits per heavy atom. The number of hydrogen-bond acceptors (Lipinski definition) is 3. The molecule has 0 fully saturated rings. The summed E-state index contributed by atoms with van der Waals surface area (Å²) in [6, 6.07) is 15.4. The van der Waals surface area contributed by atoms with Crippen LogP contribution >= 0.6 is 11.6 Å². The van der Waals surface area contributed by atoms with Gasteiger partial charge in [-0.1, -0.05) is 41.9 Å². The Balaban J connectivity index is 1.73. The van der Waals surface area contributed by atoms with Gasteiger partial charge < -0.3 is 4.74 Å². The molecule has 0 amide bonds. The van der Waals surface area contributed by atoms with E-state index in [1.807, 2.05) is 60.7 Å². The van der Waals surface area contributed by atoms with E-state index in [9.17, 15) is 0 Å². The second kappa shape index (κ2) is 5.74. The van der Waals surface area contributed by atoms with Crippen molar-refractivity contribution >= 4 is 30.0 Å². The van der Waals surface area contributed by atoms with Crippen LogP contribution in [0.25, 0.3) is 29.7 Å². The van der Waals surface area contributed by atoms with Gasteiger partial charge in [0.25, 0.3) is 0 Å². The molecule has 0 saturated heterocycles. The van der Waals surface area contributed by atoms with E-state index in [2.05, 4.69) is 10.1 Å². The van der Waals surface area contributed by atoms with Gasteiger partial charge in [0.1, 0.15) is 12.0 Å². The van der Waals surface area contributed by atoms with Crippen LogP contribution in [0, 0.1) is 0 Å². The van der Waals surface area contributed by atoms with Crippen LogP contribution in [-0.4, -0.2) is 14.8 Å². The predicted octanol–water partition coefficient (Wildman–Crippen LogP) is 4.59. The van der Waals surface area contributed by atoms with E-state index in [1.54, 1.807) is 17.1 Å². The minimum atomic E-state index is 0.612. The van der Waals surface area contributed by atoms with Crippen molar-refractivity contribution in [2.75, 3.05) is 0 Å². The number of halogens is 1. The third-order valence-corrected chi connectivity index (χ3v) is 3.83. The summed E-state index contributed by atoms with van der Waals surface area (Å²) in [6.45, 7) is 0. The number of fused-ring (bicyclic) bond motifs is 3. The molecule has 0 spiro atoms. The molecule has 4 nitrogen and oxygen atoms in total. The van der Waals surface area contributed by atoms with Crippen molar-refractivity contribution in [3.8, 4) is 17.1 Å². The van der Waals surface area contributed by atoms with Gasteiger partial charge >= 0.3 is 0 Å². The van der Waals surface area contributed by atoms with Crippen molar-refractivity contribution in [2.24, 2.45) is 0 Å². The first-order valence-corrected chi connectivity index (χ1v) is 7.51. The van der Waals surface area contributed by atoms with Gasteiger partial charge in [0, 0.05) is 5.02 Å². The van der Waals surface area contributed by atoms with Gasteiger partial charge in [-0.05, 0) is 35.9 Å². The Bertz CT molecular complexity index is 928. The molecular formula is C18H12ClN3O. The molecule has 0 saturated carbocycles. The van der Waals surface area contributed by atoms with Crippen LogP contribution in [0.2, 0.25) is 5.02 Å². The Hall–Kier alpha value is -2.85. The Morgan fingerprint density at radius 3 is 2.74 bits per heavy atom. The third kappa shape index (κ3) is 2.64. The molecular weight excluding hydrogens is 310 g/mol. The number of aromatic nitrogens is 3. The molecule has 3 aromatic rings. The van der Waals surface area contributed by atoms with Gasteiger partial charge in [-0.3, -0.25) is 0 Å². The second-order valence-corrected chi connectivity index (χ2v) is 5.40. The molecule has 0 aliphatic carbocycles. The van der Waals surface area contributed by atoms with E-state index in [0.717, 1.165) is 22.7 Å². The molecule has 0 atom stereocenters. The van der Waals surface area contributed by atoms with Crippen molar-refractivity contribution in [3.05, 3.63) is 71.2 Å². The van der Waals surface area contributed by atoms with Gasteiger partial charge in [0.2, 0.25) is 0 Å². The van der Waals surface area contributed by atoms with Crippen LogP contribution in [0.1, 0.15) is 11.4 Å². The summed E-state index contributed by atoms with van der Waals surface area (Å²) < 4.78 is 7.26. The average Bonchev–Trinajstić information content (AvgIpc) is 2.90. The topological polar surface area (TPSA) is 39.9 Å². The van der Waals surface area contributed by atoms with Crippen LogP contribution in [0.15, 0.2) is 54.8 Å². The maximum atomic E-state index is 6.16. The molecule has 1 aliphatic heterocycles. The molecule has 1 aliphatic rings. The largest absolute Gasteiger partial charge is 0.463 e. The highest BCUT2D eigenvalue weighted by Crippen LogP contribution is 2.31. The lowest BCUT2D eigenvalue weighted by Crippen LogP contribution is -1.91. The third-order valence-electron chi connectivity index (χ3n) is 3.49. The lowest BCUT2D eigenvalue weighted by Gasteiger charge is -2.02. The molecule has 2 aromatic carbocycles. The number of ether oxygens (including phenoxy) is 1. The lowest BCUT2D eigenvalue weighted by molar-refractivity contribution is 0.487. The minimum Gasteiger partial charge on any atom is -0.463 e. The first-order chi connectivity index (χ1) is 11.3. The Labute approximate surface area is 138 Å². The summed E-state index contributed by atoms with van der Waals surface area (Å²) in [6.07, 6.45) is 7.10. The predicted molar refractivity (Wildman–Crippen MR) is 91.8 cm³/mol. The summed E-state index contributed by atoms with van der Waals surface area (Å²) in [5.74, 6) is 2.12. The zero-order chi connectivity index (χ0) is 15.6. The number of para-hydroxylation sites is 1. The summed E-state index contributed by atoms with van der Waals surface area (Å²) >= 11 is 6.16. The highest BCUT2D eigenvalue weighted by Gasteiger charge is 2.15. The molecule has 2 heterocycles. The summed E-state index contributed by atoms with van der Waals surface area (Å²) in [5.41, 5.74) is 1.83. The van der Waals surface area contributed by atoms with Crippen molar-refractivity contribution in [3.63, 3.8) is 0 Å². The van der Waals surface area contributed by atoms with Crippen LogP contribution in [0.5, 0.6) is 5.75 Å². The van der Waals surface area contributed by atoms with Crippen molar-refractivity contribution in [1.29, 1.82) is 0 Å². The highest BCUT2D eigenvalue weighted by atomic mass is 35.5. The van der Waals surface area contributed by atoms with Gasteiger partial charge in [-0.15, -0.1) is 5.10 Å². The van der Waals surface area contributed by atoms with Crippen LogP contribution < -0.4 is 4.74 Å². The summed E-state index contributed by atoms with van der Waals surface area (Å²) in [5, 5.41) is 5.16. The SMILES string of the molecule is Clc1ccccc1/C=C/c1nc2n(n1)C=COc1ccccc1-2. The fourth-order valence-corrected chi connectivity index (χ4v) is 2.59. The summed E-state index contributed by atoms with van der Waals surface area (Å²) in [4.78, 5) is 4.59. The lowest BCUT2D eigenvalue weighted by atomic mass is 10.2. The number of rotatable bonds is 2. The molecule has 4 rings (SSSR count). The van der Waals surface area contributed by atoms with Crippen molar-refractivity contribution in [2.45, 2.75) is 0 Å². The standard InChI is InChI=1S/C18H12ClN3O/c19-15-7-3-1-5-13(15)9-10-17-20-18-14-6-2-4-8-16(14)23-12-11-22(18)21-17/h1-12H/b10-9+. The quantitative estimate of drug-likeness (QED) is 0.693. The monoisotopic (exact) mass is 321 g/mol. The van der Waals surface area contributed by atoms with E-state index in [0.29, 0.717) is 10.8 Å². The minimum absolute atomic E-state index is 0.612. The molecule has 23 heavy (non-hydrogen) atoms. The first-order valence-electron chi connectivity index (χ1n) is 7.13. The van der Waals surface area contributed by atoms with Crippen molar-refractivity contribution < 1.29 is 4.74 Å². The Kier molecular flexibility index (Phi) is 3.44. The van der Waals surface area contributed by atoms with Crippen molar-refractivity contribution in [1.82, 2.24) is 14.8 Å². The molecule has 0 bridgehead atoms. The highest BCUT2D eigenvalue weighted by molar-refractivity contribution is 6.32.